The van der Waals surface area contributed by atoms with Gasteiger partial charge in [0.1, 0.15) is 5.01 Å². The molecule has 0 aromatic carbocycles. The van der Waals surface area contributed by atoms with Gasteiger partial charge in [-0.15, -0.1) is 11.3 Å². The molecule has 0 aliphatic rings. The topological polar surface area (TPSA) is 39.2 Å². The van der Waals surface area contributed by atoms with Crippen LogP contribution < -0.4 is 0 Å². The molecule has 1 aromatic heterocycles. The molecular weight excluding hydrogens is 174 g/mol. The number of hydrogen-bond donors (Lipinski definition) is 0. The van der Waals surface area contributed by atoms with Gasteiger partial charge in [0.15, 0.2) is 0 Å². The number of nitrogens with zero attached hydrogens (tertiary/aromatic N) is 1. The lowest BCUT2D eigenvalue weighted by atomic mass is 10.5. The van der Waals surface area contributed by atoms with E-state index in [2.05, 4.69) is 4.98 Å². The highest BCUT2D eigenvalue weighted by atomic mass is 32.1. The van der Waals surface area contributed by atoms with Gasteiger partial charge in [-0.3, -0.25) is 0 Å². The molecule has 0 aliphatic heterocycles. The second-order valence-corrected chi connectivity index (χ2v) is 2.88. The fraction of sp³-hybridized carbons (Fsp3) is 0.250. The standard InChI is InChI=1S/C8H9NO2S/c1-2-11-8(10)4-3-7-9-5-6-12-7/h3-6H,2H2,1H3. The Balaban J connectivity index is 2.45. The van der Waals surface area contributed by atoms with Gasteiger partial charge in [0.25, 0.3) is 0 Å². The van der Waals surface area contributed by atoms with Gasteiger partial charge in [0.2, 0.25) is 0 Å². The van der Waals surface area contributed by atoms with Crippen LogP contribution in [0, 0.1) is 0 Å². The number of rotatable bonds is 3. The molecule has 12 heavy (non-hydrogen) atoms. The monoisotopic (exact) mass is 183 g/mol. The van der Waals surface area contributed by atoms with Crippen molar-refractivity contribution in [1.29, 1.82) is 0 Å². The van der Waals surface area contributed by atoms with Crippen LogP contribution in [0.2, 0.25) is 0 Å². The Morgan fingerprint density at radius 2 is 2.67 bits per heavy atom. The van der Waals surface area contributed by atoms with Gasteiger partial charge in [-0.05, 0) is 13.0 Å². The largest absolute Gasteiger partial charge is 0.463 e. The normalized spacial score (nSPS) is 10.4. The summed E-state index contributed by atoms with van der Waals surface area (Å²) in [6, 6.07) is 0. The quantitative estimate of drug-likeness (QED) is 0.529. The van der Waals surface area contributed by atoms with Crippen LogP contribution >= 0.6 is 11.3 Å². The van der Waals surface area contributed by atoms with Crippen LogP contribution in [0.25, 0.3) is 6.08 Å². The highest BCUT2D eigenvalue weighted by Gasteiger charge is 1.93. The lowest BCUT2D eigenvalue weighted by Crippen LogP contribution is -1.98. The summed E-state index contributed by atoms with van der Waals surface area (Å²) in [5, 5.41) is 2.66. The Kier molecular flexibility index (Phi) is 3.47. The van der Waals surface area contributed by atoms with Gasteiger partial charge in [-0.2, -0.15) is 0 Å². The van der Waals surface area contributed by atoms with Crippen molar-refractivity contribution in [3.05, 3.63) is 22.7 Å². The zero-order chi connectivity index (χ0) is 8.81. The Hall–Kier alpha value is -1.16. The third-order valence-corrected chi connectivity index (χ3v) is 1.84. The van der Waals surface area contributed by atoms with E-state index in [1.165, 1.54) is 17.4 Å². The second-order valence-electron chi connectivity index (χ2n) is 1.96. The fourth-order valence-electron chi connectivity index (χ4n) is 0.646. The van der Waals surface area contributed by atoms with E-state index >= 15 is 0 Å². The first-order valence-corrected chi connectivity index (χ1v) is 4.45. The van der Waals surface area contributed by atoms with Crippen molar-refractivity contribution in [2.45, 2.75) is 6.92 Å². The van der Waals surface area contributed by atoms with Crippen molar-refractivity contribution in [2.75, 3.05) is 6.61 Å². The summed E-state index contributed by atoms with van der Waals surface area (Å²) in [7, 11) is 0. The molecule has 0 saturated heterocycles. The van der Waals surface area contributed by atoms with Crippen molar-refractivity contribution in [3.8, 4) is 0 Å². The molecule has 0 unspecified atom stereocenters. The fourth-order valence-corrected chi connectivity index (χ4v) is 1.18. The lowest BCUT2D eigenvalue weighted by molar-refractivity contribution is -0.137. The maximum absolute atomic E-state index is 10.8. The van der Waals surface area contributed by atoms with E-state index < -0.39 is 0 Å². The summed E-state index contributed by atoms with van der Waals surface area (Å²) in [4.78, 5) is 14.8. The highest BCUT2D eigenvalue weighted by Crippen LogP contribution is 2.05. The van der Waals surface area contributed by atoms with E-state index in [0.717, 1.165) is 5.01 Å². The molecule has 64 valence electrons. The lowest BCUT2D eigenvalue weighted by Gasteiger charge is -1.92. The molecule has 0 spiro atoms. The van der Waals surface area contributed by atoms with Crippen LogP contribution in [0.3, 0.4) is 0 Å². The number of hydrogen-bond acceptors (Lipinski definition) is 4. The minimum atomic E-state index is -0.326. The molecule has 0 atom stereocenters. The molecular formula is C8H9NO2S. The number of carbonyl (C=O) groups excluding carboxylic acids is 1. The van der Waals surface area contributed by atoms with Crippen LogP contribution in [-0.2, 0) is 9.53 Å². The maximum atomic E-state index is 10.8. The average Bonchev–Trinajstić information content (AvgIpc) is 2.53. The summed E-state index contributed by atoms with van der Waals surface area (Å²) >= 11 is 1.48. The van der Waals surface area contributed by atoms with Gasteiger partial charge in [-0.25, -0.2) is 9.78 Å². The van der Waals surface area contributed by atoms with Crippen LogP contribution in [0.1, 0.15) is 11.9 Å². The third kappa shape index (κ3) is 2.84. The number of esters is 1. The summed E-state index contributed by atoms with van der Waals surface area (Å²) in [5.41, 5.74) is 0. The first kappa shape index (κ1) is 8.93. The summed E-state index contributed by atoms with van der Waals surface area (Å²) < 4.78 is 4.69. The molecule has 0 bridgehead atoms. The van der Waals surface area contributed by atoms with Crippen molar-refractivity contribution >= 4 is 23.4 Å². The van der Waals surface area contributed by atoms with Crippen LogP contribution in [0.5, 0.6) is 0 Å². The molecule has 1 aromatic rings. The Labute approximate surface area is 74.7 Å². The van der Waals surface area contributed by atoms with Crippen molar-refractivity contribution in [1.82, 2.24) is 4.98 Å². The van der Waals surface area contributed by atoms with Gasteiger partial charge in [0, 0.05) is 17.7 Å². The summed E-state index contributed by atoms with van der Waals surface area (Å²) in [6.07, 6.45) is 4.71. The van der Waals surface area contributed by atoms with E-state index in [4.69, 9.17) is 4.74 Å². The molecule has 0 radical (unpaired) electrons. The van der Waals surface area contributed by atoms with Crippen molar-refractivity contribution in [3.63, 3.8) is 0 Å². The van der Waals surface area contributed by atoms with Gasteiger partial charge in [-0.1, -0.05) is 0 Å². The molecule has 0 saturated carbocycles. The summed E-state index contributed by atoms with van der Waals surface area (Å²) in [6.45, 7) is 2.18. The average molecular weight is 183 g/mol. The molecule has 0 aliphatic carbocycles. The minimum absolute atomic E-state index is 0.326. The SMILES string of the molecule is CCOC(=O)C=Cc1nccs1. The maximum Gasteiger partial charge on any atom is 0.330 e. The smallest absolute Gasteiger partial charge is 0.330 e. The second kappa shape index (κ2) is 4.66. The first-order chi connectivity index (χ1) is 5.83. The molecule has 1 heterocycles. The van der Waals surface area contributed by atoms with E-state index in [9.17, 15) is 4.79 Å². The van der Waals surface area contributed by atoms with E-state index in [1.807, 2.05) is 5.38 Å². The highest BCUT2D eigenvalue weighted by molar-refractivity contribution is 7.10. The third-order valence-electron chi connectivity index (χ3n) is 1.10. The van der Waals surface area contributed by atoms with Crippen molar-refractivity contribution in [2.24, 2.45) is 0 Å². The van der Waals surface area contributed by atoms with Crippen LogP contribution in [-0.4, -0.2) is 17.6 Å². The first-order valence-electron chi connectivity index (χ1n) is 3.57. The van der Waals surface area contributed by atoms with Gasteiger partial charge >= 0.3 is 5.97 Å². The Morgan fingerprint density at radius 3 is 3.25 bits per heavy atom. The number of ether oxygens (including phenoxy) is 1. The van der Waals surface area contributed by atoms with E-state index in [0.29, 0.717) is 6.61 Å². The molecule has 0 amide bonds. The van der Waals surface area contributed by atoms with Crippen LogP contribution in [0.4, 0.5) is 0 Å². The molecule has 1 rings (SSSR count). The number of carbonyl (C=O) groups is 1. The van der Waals surface area contributed by atoms with Gasteiger partial charge < -0.3 is 4.74 Å². The van der Waals surface area contributed by atoms with Crippen LogP contribution in [0.15, 0.2) is 17.7 Å². The molecule has 0 fully saturated rings. The molecule has 0 N–H and O–H groups in total. The minimum Gasteiger partial charge on any atom is -0.463 e. The molecule has 3 nitrogen and oxygen atoms in total. The zero-order valence-electron chi connectivity index (χ0n) is 6.69. The number of thiazole rings is 1. The van der Waals surface area contributed by atoms with E-state index in [-0.39, 0.29) is 5.97 Å². The van der Waals surface area contributed by atoms with E-state index in [1.54, 1.807) is 19.2 Å². The Bertz CT molecular complexity index is 267. The Morgan fingerprint density at radius 1 is 1.83 bits per heavy atom. The summed E-state index contributed by atoms with van der Waals surface area (Å²) in [5.74, 6) is -0.326. The van der Waals surface area contributed by atoms with Crippen molar-refractivity contribution < 1.29 is 9.53 Å². The zero-order valence-corrected chi connectivity index (χ0v) is 7.50. The predicted octanol–water partition coefficient (Wildman–Crippen LogP) is 1.72. The molecule has 4 heteroatoms. The predicted molar refractivity (Wildman–Crippen MR) is 47.8 cm³/mol. The number of aromatic nitrogens is 1. The van der Waals surface area contributed by atoms with Gasteiger partial charge in [0.05, 0.1) is 6.61 Å².